The van der Waals surface area contributed by atoms with Crippen LogP contribution in [0, 0.1) is 0 Å². The minimum absolute atomic E-state index is 0.206. The number of ether oxygens (including phenoxy) is 3. The lowest BCUT2D eigenvalue weighted by Gasteiger charge is -2.14. The average Bonchev–Trinajstić information content (AvgIpc) is 2.82. The van der Waals surface area contributed by atoms with Crippen molar-refractivity contribution in [2.45, 2.75) is 6.54 Å². The van der Waals surface area contributed by atoms with Crippen LogP contribution in [-0.4, -0.2) is 31.5 Å². The molecule has 0 bridgehead atoms. The van der Waals surface area contributed by atoms with Crippen molar-refractivity contribution < 1.29 is 18.3 Å². The van der Waals surface area contributed by atoms with Crippen LogP contribution in [0.2, 0.25) is 5.02 Å². The fraction of sp³-hybridized carbons (Fsp3) is 0.167. The molecule has 0 saturated heterocycles. The molecule has 0 fully saturated rings. The van der Waals surface area contributed by atoms with Gasteiger partial charge in [0.2, 0.25) is 0 Å². The molecule has 7 heteroatoms. The minimum atomic E-state index is -2.58. The first kappa shape index (κ1) is 17.2. The molecule has 4 rings (SSSR count). The number of methoxy groups -OCH3 is 3. The smallest absolute Gasteiger partial charge is 0.127 e. The van der Waals surface area contributed by atoms with Gasteiger partial charge in [-0.15, -0.1) is 0 Å². The number of hydrogen-bond donors (Lipinski definition) is 1. The summed E-state index contributed by atoms with van der Waals surface area (Å²) in [5.41, 5.74) is 3.63. The molecule has 0 radical (unpaired) electrons. The summed E-state index contributed by atoms with van der Waals surface area (Å²) in [5.74, 6) is 1.63. The zero-order chi connectivity index (χ0) is 24.3. The number of anilines is 1. The van der Waals surface area contributed by atoms with Gasteiger partial charge in [0.15, 0.2) is 0 Å². The summed E-state index contributed by atoms with van der Waals surface area (Å²) in [6.45, 7) is 0.501. The van der Waals surface area contributed by atoms with Crippen LogP contribution in [0.5, 0.6) is 17.2 Å². The third kappa shape index (κ3) is 4.34. The summed E-state index contributed by atoms with van der Waals surface area (Å²) in [6, 6.07) is 16.0. The van der Waals surface area contributed by atoms with E-state index in [1.165, 1.54) is 0 Å². The molecule has 3 aromatic carbocycles. The van der Waals surface area contributed by atoms with E-state index >= 15 is 0 Å². The lowest BCUT2D eigenvalue weighted by Crippen LogP contribution is -2.03. The van der Waals surface area contributed by atoms with Crippen molar-refractivity contribution in [1.82, 2.24) is 10.2 Å². The van der Waals surface area contributed by atoms with Crippen molar-refractivity contribution in [1.29, 1.82) is 0 Å². The van der Waals surface area contributed by atoms with E-state index in [-0.39, 0.29) is 5.75 Å². The Labute approximate surface area is 190 Å². The van der Waals surface area contributed by atoms with Gasteiger partial charge in [-0.1, -0.05) is 17.7 Å². The molecule has 1 aromatic heterocycles. The van der Waals surface area contributed by atoms with Crippen molar-refractivity contribution in [2.24, 2.45) is 0 Å². The Kier molecular flexibility index (Phi) is 5.05. The van der Waals surface area contributed by atoms with Crippen molar-refractivity contribution in [3.8, 4) is 28.4 Å². The second kappa shape index (κ2) is 9.10. The van der Waals surface area contributed by atoms with E-state index in [0.717, 1.165) is 16.6 Å². The Morgan fingerprint density at radius 1 is 0.968 bits per heavy atom. The second-order valence-corrected chi connectivity index (χ2v) is 7.20. The Morgan fingerprint density at radius 3 is 2.68 bits per heavy atom. The molecule has 0 saturated carbocycles. The Balaban J connectivity index is 1.65. The highest BCUT2D eigenvalue weighted by Gasteiger charge is 2.11. The highest BCUT2D eigenvalue weighted by atomic mass is 35.5. The van der Waals surface area contributed by atoms with Crippen LogP contribution < -0.4 is 19.5 Å². The fourth-order valence-electron chi connectivity index (χ4n) is 3.37. The first-order chi connectivity index (χ1) is 16.3. The van der Waals surface area contributed by atoms with Gasteiger partial charge < -0.3 is 19.5 Å². The highest BCUT2D eigenvalue weighted by molar-refractivity contribution is 6.31. The van der Waals surface area contributed by atoms with Gasteiger partial charge in [0.25, 0.3) is 0 Å². The Bertz CT molecular complexity index is 1330. The molecule has 0 aliphatic carbocycles. The quantitative estimate of drug-likeness (QED) is 0.406. The molecule has 0 aliphatic heterocycles. The van der Waals surface area contributed by atoms with E-state index in [9.17, 15) is 0 Å². The highest BCUT2D eigenvalue weighted by Crippen LogP contribution is 2.35. The van der Waals surface area contributed by atoms with E-state index in [0.29, 0.717) is 39.7 Å². The lowest BCUT2D eigenvalue weighted by atomic mass is 10.0. The third-order valence-corrected chi connectivity index (χ3v) is 5.20. The van der Waals surface area contributed by atoms with Crippen LogP contribution in [0.4, 0.5) is 5.69 Å². The van der Waals surface area contributed by atoms with Gasteiger partial charge in [-0.2, -0.15) is 10.2 Å². The Hall–Kier alpha value is -3.51. The molecule has 0 atom stereocenters. The standard InChI is InChI=1S/C24H22ClN3O3/c1-29-18-7-4-16(24(12-18)31-3)13-26-22-14-27-28-21-10-15(5-8-19(21)22)20-11-17(25)6-9-23(20)30-2/h4-12,14H,13H2,1-3H3,(H,26,28)/i2D3. The predicted molar refractivity (Wildman–Crippen MR) is 123 cm³/mol. The van der Waals surface area contributed by atoms with Gasteiger partial charge in [-0.05, 0) is 48.0 Å². The lowest BCUT2D eigenvalue weighted by molar-refractivity contribution is 0.391. The number of fused-ring (bicyclic) bond motifs is 1. The SMILES string of the molecule is [2H]C([2H])([2H])Oc1ccc(Cl)cc1-c1ccc2c(NCc3ccc(OC)cc3OC)cnnc2c1. The molecule has 0 amide bonds. The number of rotatable bonds is 7. The molecule has 31 heavy (non-hydrogen) atoms. The normalized spacial score (nSPS) is 12.5. The zero-order valence-electron chi connectivity index (χ0n) is 20.0. The summed E-state index contributed by atoms with van der Waals surface area (Å²) in [4.78, 5) is 0. The molecule has 158 valence electrons. The first-order valence-corrected chi connectivity index (χ1v) is 9.84. The largest absolute Gasteiger partial charge is 0.497 e. The topological polar surface area (TPSA) is 65.5 Å². The summed E-state index contributed by atoms with van der Waals surface area (Å²) >= 11 is 6.17. The number of halogens is 1. The maximum absolute atomic E-state index is 7.44. The number of benzene rings is 3. The molecule has 0 spiro atoms. The summed E-state index contributed by atoms with van der Waals surface area (Å²) in [5, 5.41) is 13.1. The molecular formula is C24H22ClN3O3. The predicted octanol–water partition coefficient (Wildman–Crippen LogP) is 5.59. The van der Waals surface area contributed by atoms with Gasteiger partial charge in [0.1, 0.15) is 17.2 Å². The zero-order valence-corrected chi connectivity index (χ0v) is 17.7. The average molecular weight is 439 g/mol. The number of nitrogens with zero attached hydrogens (tertiary/aromatic N) is 2. The van der Waals surface area contributed by atoms with E-state index in [1.807, 2.05) is 36.4 Å². The first-order valence-electron chi connectivity index (χ1n) is 11.0. The van der Waals surface area contributed by atoms with E-state index < -0.39 is 7.04 Å². The van der Waals surface area contributed by atoms with E-state index in [1.54, 1.807) is 38.6 Å². The molecular weight excluding hydrogens is 414 g/mol. The number of aromatic nitrogens is 2. The second-order valence-electron chi connectivity index (χ2n) is 6.76. The summed E-state index contributed by atoms with van der Waals surface area (Å²) in [7, 11) is 0.638. The van der Waals surface area contributed by atoms with Crippen LogP contribution in [0.25, 0.3) is 22.0 Å². The molecule has 4 aromatic rings. The van der Waals surface area contributed by atoms with Gasteiger partial charge in [0, 0.05) is 34.1 Å². The molecule has 1 N–H and O–H groups in total. The molecule has 6 nitrogen and oxygen atoms in total. The van der Waals surface area contributed by atoms with Gasteiger partial charge in [-0.25, -0.2) is 0 Å². The van der Waals surface area contributed by atoms with E-state index in [2.05, 4.69) is 15.5 Å². The maximum Gasteiger partial charge on any atom is 0.127 e. The van der Waals surface area contributed by atoms with Crippen molar-refractivity contribution >= 4 is 28.2 Å². The van der Waals surface area contributed by atoms with Gasteiger partial charge in [0.05, 0.1) is 42.8 Å². The van der Waals surface area contributed by atoms with E-state index in [4.69, 9.17) is 29.9 Å². The van der Waals surface area contributed by atoms with Crippen LogP contribution in [0.15, 0.2) is 60.8 Å². The van der Waals surface area contributed by atoms with Crippen molar-refractivity contribution in [2.75, 3.05) is 26.6 Å². The van der Waals surface area contributed by atoms with Crippen LogP contribution in [0.1, 0.15) is 9.68 Å². The van der Waals surface area contributed by atoms with Gasteiger partial charge >= 0.3 is 0 Å². The molecule has 0 aliphatic rings. The molecule has 1 heterocycles. The van der Waals surface area contributed by atoms with Crippen molar-refractivity contribution in [3.05, 3.63) is 71.4 Å². The number of hydrogen-bond acceptors (Lipinski definition) is 6. The van der Waals surface area contributed by atoms with Crippen LogP contribution >= 0.6 is 11.6 Å². The minimum Gasteiger partial charge on any atom is -0.497 e. The molecule has 0 unspecified atom stereocenters. The monoisotopic (exact) mass is 438 g/mol. The Morgan fingerprint density at radius 2 is 1.87 bits per heavy atom. The van der Waals surface area contributed by atoms with Crippen molar-refractivity contribution in [3.63, 3.8) is 0 Å². The number of nitrogens with one attached hydrogen (secondary N) is 1. The maximum atomic E-state index is 7.44. The summed E-state index contributed by atoms with van der Waals surface area (Å²) < 4.78 is 38.2. The third-order valence-electron chi connectivity index (χ3n) is 4.97. The van der Waals surface area contributed by atoms with Crippen LogP contribution in [-0.2, 0) is 6.54 Å². The summed E-state index contributed by atoms with van der Waals surface area (Å²) in [6.07, 6.45) is 1.65. The fourth-order valence-corrected chi connectivity index (χ4v) is 3.55. The van der Waals surface area contributed by atoms with Gasteiger partial charge in [-0.3, -0.25) is 0 Å². The van der Waals surface area contributed by atoms with Crippen LogP contribution in [0.3, 0.4) is 0 Å².